The third-order valence-electron chi connectivity index (χ3n) is 9.20. The lowest BCUT2D eigenvalue weighted by Crippen LogP contribution is -2.19. The number of aliphatic hydroxyl groups is 1. The Balaban J connectivity index is 0.00000128. The monoisotopic (exact) mass is 678 g/mol. The van der Waals surface area contributed by atoms with Gasteiger partial charge in [0.1, 0.15) is 22.9 Å². The van der Waals surface area contributed by atoms with Crippen molar-refractivity contribution in [3.63, 3.8) is 0 Å². The molecule has 13 heteroatoms. The second-order valence-electron chi connectivity index (χ2n) is 12.3. The van der Waals surface area contributed by atoms with Crippen molar-refractivity contribution in [2.45, 2.75) is 78.8 Å². The van der Waals surface area contributed by atoms with Gasteiger partial charge in [-0.25, -0.2) is 4.68 Å². The molecule has 5 N–H and O–H groups in total. The molecule has 1 aliphatic rings. The molecule has 5 rings (SSSR count). The van der Waals surface area contributed by atoms with Gasteiger partial charge in [-0.1, -0.05) is 32.1 Å². The molecule has 2 heterocycles. The molecular formula is C36H50N6O7. The van der Waals surface area contributed by atoms with Gasteiger partial charge in [-0.2, -0.15) is 4.98 Å². The number of carbonyl (C=O) groups is 2. The molecule has 13 nitrogen and oxygen atoms in total. The van der Waals surface area contributed by atoms with Gasteiger partial charge >= 0.3 is 5.97 Å². The summed E-state index contributed by atoms with van der Waals surface area (Å²) in [6.45, 7) is 7.10. The average Bonchev–Trinajstić information content (AvgIpc) is 3.69. The molecule has 0 aliphatic heterocycles. The number of amides is 1. The summed E-state index contributed by atoms with van der Waals surface area (Å²) in [6, 6.07) is 7.45. The van der Waals surface area contributed by atoms with Crippen LogP contribution in [0.3, 0.4) is 0 Å². The fraction of sp³-hybridized carbons (Fsp3) is 0.500. The molecule has 266 valence electrons. The summed E-state index contributed by atoms with van der Waals surface area (Å²) in [5.41, 5.74) is 9.38. The third-order valence-corrected chi connectivity index (χ3v) is 9.20. The van der Waals surface area contributed by atoms with E-state index in [4.69, 9.17) is 35.1 Å². The fourth-order valence-electron chi connectivity index (χ4n) is 6.41. The maximum atomic E-state index is 13.9. The smallest absolute Gasteiger partial charge is 0.305 e. The van der Waals surface area contributed by atoms with Crippen LogP contribution >= 0.6 is 0 Å². The highest BCUT2D eigenvalue weighted by Crippen LogP contribution is 2.37. The molecule has 1 saturated carbocycles. The number of hydrogen-bond acceptors (Lipinski definition) is 9. The highest BCUT2D eigenvalue weighted by atomic mass is 16.5. The van der Waals surface area contributed by atoms with Gasteiger partial charge in [0.15, 0.2) is 5.82 Å². The Morgan fingerprint density at radius 2 is 1.61 bits per heavy atom. The van der Waals surface area contributed by atoms with Crippen LogP contribution in [0.5, 0.6) is 17.2 Å². The number of benzene rings is 2. The van der Waals surface area contributed by atoms with Crippen molar-refractivity contribution in [1.29, 1.82) is 0 Å². The molecule has 2 aromatic carbocycles. The number of nitrogens with two attached hydrogens (primary N) is 1. The number of aromatic nitrogens is 4. The van der Waals surface area contributed by atoms with Crippen LogP contribution in [0.4, 0.5) is 5.95 Å². The number of aliphatic hydroxyl groups excluding tert-OH is 1. The van der Waals surface area contributed by atoms with Crippen LogP contribution in [-0.2, 0) is 17.9 Å². The number of aliphatic carboxylic acids is 1. The highest BCUT2D eigenvalue weighted by Gasteiger charge is 2.24. The number of carboxylic acid groups (broad SMARTS) is 1. The molecule has 4 aromatic rings. The Morgan fingerprint density at radius 3 is 2.22 bits per heavy atom. The van der Waals surface area contributed by atoms with Gasteiger partial charge in [0.2, 0.25) is 5.95 Å². The summed E-state index contributed by atoms with van der Waals surface area (Å²) in [7, 11) is 4.84. The number of nitrogens with one attached hydrogen (secondary N) is 1. The molecule has 1 fully saturated rings. The number of methoxy groups -OCH3 is 3. The fourth-order valence-corrected chi connectivity index (χ4v) is 6.41. The number of anilines is 1. The van der Waals surface area contributed by atoms with E-state index in [9.17, 15) is 14.7 Å². The molecule has 49 heavy (non-hydrogen) atoms. The number of ether oxygens (including phenoxy) is 3. The van der Waals surface area contributed by atoms with Gasteiger partial charge in [0, 0.05) is 31.1 Å². The first-order valence-electron chi connectivity index (χ1n) is 16.8. The second kappa shape index (κ2) is 17.2. The molecule has 0 atom stereocenters. The van der Waals surface area contributed by atoms with Crippen LogP contribution in [0.15, 0.2) is 24.3 Å². The zero-order chi connectivity index (χ0) is 35.7. The third kappa shape index (κ3) is 8.70. The van der Waals surface area contributed by atoms with Gasteiger partial charge < -0.3 is 34.7 Å². The van der Waals surface area contributed by atoms with Crippen LogP contribution in [0.25, 0.3) is 22.3 Å². The molecule has 0 unspecified atom stereocenters. The van der Waals surface area contributed by atoms with E-state index in [1.807, 2.05) is 43.7 Å². The topological polar surface area (TPSA) is 176 Å². The Labute approximate surface area is 287 Å². The average molecular weight is 679 g/mol. The number of hydrogen-bond donors (Lipinski definition) is 4. The summed E-state index contributed by atoms with van der Waals surface area (Å²) >= 11 is 0. The summed E-state index contributed by atoms with van der Waals surface area (Å²) in [6.07, 6.45) is 7.02. The maximum absolute atomic E-state index is 13.9. The molecule has 0 saturated heterocycles. The second-order valence-corrected chi connectivity index (χ2v) is 12.3. The lowest BCUT2D eigenvalue weighted by molar-refractivity contribution is -0.137. The van der Waals surface area contributed by atoms with E-state index in [2.05, 4.69) is 5.32 Å². The quantitative estimate of drug-likeness (QED) is 0.142. The Morgan fingerprint density at radius 1 is 0.939 bits per heavy atom. The Hall–Kier alpha value is -4.62. The molecular weight excluding hydrogens is 628 g/mol. The van der Waals surface area contributed by atoms with Crippen molar-refractivity contribution in [3.8, 4) is 28.6 Å². The molecule has 1 aliphatic carbocycles. The lowest BCUT2D eigenvalue weighted by Gasteiger charge is -2.21. The van der Waals surface area contributed by atoms with Gasteiger partial charge in [-0.3, -0.25) is 14.9 Å². The zero-order valence-corrected chi connectivity index (χ0v) is 29.5. The first-order valence-corrected chi connectivity index (χ1v) is 16.8. The van der Waals surface area contributed by atoms with Crippen molar-refractivity contribution < 1.29 is 34.0 Å². The van der Waals surface area contributed by atoms with Crippen molar-refractivity contribution in [1.82, 2.24) is 19.3 Å². The molecule has 1 amide bonds. The van der Waals surface area contributed by atoms with E-state index in [1.54, 1.807) is 32.0 Å². The molecule has 2 aromatic heterocycles. The lowest BCUT2D eigenvalue weighted by atomic mass is 9.87. The maximum Gasteiger partial charge on any atom is 0.305 e. The van der Waals surface area contributed by atoms with Crippen molar-refractivity contribution in [2.75, 3.05) is 39.8 Å². The summed E-state index contributed by atoms with van der Waals surface area (Å²) in [5, 5.41) is 25.7. The van der Waals surface area contributed by atoms with Gasteiger partial charge in [-0.05, 0) is 68.0 Å². The van der Waals surface area contributed by atoms with E-state index in [-0.39, 0.29) is 25.5 Å². The number of aryl methyl sites for hydroxylation is 4. The van der Waals surface area contributed by atoms with Gasteiger partial charge in [0.05, 0.1) is 45.4 Å². The van der Waals surface area contributed by atoms with Crippen LogP contribution in [0, 0.1) is 26.7 Å². The van der Waals surface area contributed by atoms with Crippen LogP contribution in [0.2, 0.25) is 0 Å². The van der Waals surface area contributed by atoms with E-state index in [0.717, 1.165) is 34.0 Å². The predicted molar refractivity (Wildman–Crippen MR) is 189 cm³/mol. The number of carbonyl (C=O) groups excluding carboxylic acids is 1. The summed E-state index contributed by atoms with van der Waals surface area (Å²) in [4.78, 5) is 30.2. The van der Waals surface area contributed by atoms with E-state index in [1.165, 1.54) is 32.1 Å². The summed E-state index contributed by atoms with van der Waals surface area (Å²) in [5.74, 6) is 1.96. The van der Waals surface area contributed by atoms with Gasteiger partial charge in [-0.15, -0.1) is 5.10 Å². The molecule has 0 bridgehead atoms. The highest BCUT2D eigenvalue weighted by molar-refractivity contribution is 6.06. The largest absolute Gasteiger partial charge is 0.496 e. The Kier molecular flexibility index (Phi) is 13.0. The molecule has 0 spiro atoms. The molecule has 0 radical (unpaired) electrons. The first-order chi connectivity index (χ1) is 23.6. The van der Waals surface area contributed by atoms with Crippen molar-refractivity contribution in [3.05, 3.63) is 46.6 Å². The van der Waals surface area contributed by atoms with Crippen LogP contribution < -0.4 is 25.3 Å². The normalized spacial score (nSPS) is 13.1. The number of nitrogens with zero attached hydrogens (tertiary/aromatic N) is 4. The number of carboxylic acids is 1. The van der Waals surface area contributed by atoms with Crippen molar-refractivity contribution in [2.24, 2.45) is 11.7 Å². The van der Waals surface area contributed by atoms with E-state index in [0.29, 0.717) is 53.3 Å². The van der Waals surface area contributed by atoms with Crippen LogP contribution in [-0.4, -0.2) is 75.9 Å². The summed E-state index contributed by atoms with van der Waals surface area (Å²) < 4.78 is 20.5. The Bertz CT molecular complexity index is 1750. The number of fused-ring (bicyclic) bond motifs is 1. The first kappa shape index (κ1) is 37.2. The van der Waals surface area contributed by atoms with E-state index < -0.39 is 11.9 Å². The SMILES string of the molecule is COc1cc(-c2nc(NC(=O)c3cc4c(C)c(C)c(OC)cc4n3CCC(=O)O)nn2CCC2CCCCC2)c(OC)cc1C.NCCO. The van der Waals surface area contributed by atoms with Crippen LogP contribution in [0.1, 0.15) is 72.1 Å². The zero-order valence-electron chi connectivity index (χ0n) is 29.5. The predicted octanol–water partition coefficient (Wildman–Crippen LogP) is 5.49. The van der Waals surface area contributed by atoms with Gasteiger partial charge in [0.25, 0.3) is 5.91 Å². The van der Waals surface area contributed by atoms with E-state index >= 15 is 0 Å². The van der Waals surface area contributed by atoms with Crippen molar-refractivity contribution >= 4 is 28.7 Å². The minimum Gasteiger partial charge on any atom is -0.496 e. The minimum absolute atomic E-state index is 0.0972. The number of rotatable bonds is 13. The standard InChI is InChI=1S/C34H43N5O6.C2H7NO/c1-20-16-30(45-6)25(18-28(20)43-4)32-35-34(37-39(32)15-12-23-10-8-7-9-11-23)36-33(42)27-17-24-21(2)22(3)29(44-5)19-26(24)38(27)14-13-31(40)41;3-1-2-4/h16-19,23H,7-15H2,1-6H3,(H,40,41)(H,36,37,42);4H,1-3H2. The minimum atomic E-state index is -0.954.